The number of likely N-dealkylation sites (tertiary alicyclic amines) is 2. The molecule has 114 valence electrons. The van der Waals surface area contributed by atoms with Gasteiger partial charge in [-0.25, -0.2) is 4.79 Å². The van der Waals surface area contributed by atoms with E-state index in [1.54, 1.807) is 25.7 Å². The summed E-state index contributed by atoms with van der Waals surface area (Å²) in [5.41, 5.74) is -0.579. The van der Waals surface area contributed by atoms with Gasteiger partial charge in [0.05, 0.1) is 24.1 Å². The lowest BCUT2D eigenvalue weighted by atomic mass is 10.2. The van der Waals surface area contributed by atoms with E-state index in [-0.39, 0.29) is 30.8 Å². The molecule has 2 heterocycles. The number of carbonyl (C=O) groups is 2. The van der Waals surface area contributed by atoms with Crippen molar-refractivity contribution < 1.29 is 19.4 Å². The number of alkyl halides is 1. The van der Waals surface area contributed by atoms with Gasteiger partial charge in [0.2, 0.25) is 5.91 Å². The number of halogens is 1. The Balaban J connectivity index is 1.99. The average molecular weight is 305 g/mol. The number of hydrogen-bond acceptors (Lipinski definition) is 4. The summed E-state index contributed by atoms with van der Waals surface area (Å²) in [5, 5.41) is 9.87. The van der Waals surface area contributed by atoms with E-state index in [9.17, 15) is 14.7 Å². The van der Waals surface area contributed by atoms with Crippen LogP contribution in [0.2, 0.25) is 0 Å². The Kier molecular flexibility index (Phi) is 4.16. The highest BCUT2D eigenvalue weighted by Gasteiger charge is 2.43. The molecule has 20 heavy (non-hydrogen) atoms. The molecule has 3 unspecified atom stereocenters. The zero-order valence-corrected chi connectivity index (χ0v) is 12.8. The Bertz CT molecular complexity index is 410. The van der Waals surface area contributed by atoms with Gasteiger partial charge in [0.15, 0.2) is 0 Å². The Hall–Kier alpha value is -1.01. The molecule has 2 amide bonds. The third kappa shape index (κ3) is 3.35. The highest BCUT2D eigenvalue weighted by atomic mass is 35.5. The second kappa shape index (κ2) is 5.41. The molecule has 0 aromatic rings. The number of hydrogen-bond donors (Lipinski definition) is 1. The summed E-state index contributed by atoms with van der Waals surface area (Å²) in [6.45, 7) is 6.25. The van der Waals surface area contributed by atoms with Gasteiger partial charge in [-0.3, -0.25) is 4.79 Å². The van der Waals surface area contributed by atoms with Crippen LogP contribution in [-0.4, -0.2) is 69.7 Å². The number of carbonyl (C=O) groups excluding carboxylic acids is 2. The number of aliphatic hydroxyl groups is 1. The number of rotatable bonds is 1. The van der Waals surface area contributed by atoms with E-state index in [1.807, 2.05) is 0 Å². The van der Waals surface area contributed by atoms with Crippen molar-refractivity contribution in [2.24, 2.45) is 0 Å². The quantitative estimate of drug-likeness (QED) is 0.728. The number of β-amino-alcohol motifs (C(OH)–C–C–N with tert-alkyl or cyclic N) is 1. The lowest BCUT2D eigenvalue weighted by molar-refractivity contribution is -0.131. The van der Waals surface area contributed by atoms with Crippen molar-refractivity contribution in [2.75, 3.05) is 19.6 Å². The number of aliphatic hydroxyl groups excluding tert-OH is 1. The fraction of sp³-hybridized carbons (Fsp3) is 0.846. The number of ether oxygens (including phenoxy) is 1. The minimum absolute atomic E-state index is 0.0694. The Morgan fingerprint density at radius 1 is 1.35 bits per heavy atom. The maximum Gasteiger partial charge on any atom is 0.410 e. The maximum absolute atomic E-state index is 12.0. The summed E-state index contributed by atoms with van der Waals surface area (Å²) in [4.78, 5) is 26.8. The fourth-order valence-electron chi connectivity index (χ4n) is 2.56. The van der Waals surface area contributed by atoms with Gasteiger partial charge in [-0.05, 0) is 20.8 Å². The normalized spacial score (nSPS) is 31.1. The molecule has 2 rings (SSSR count). The van der Waals surface area contributed by atoms with Gasteiger partial charge in [-0.15, -0.1) is 11.6 Å². The lowest BCUT2D eigenvalue weighted by Crippen LogP contribution is -2.44. The highest BCUT2D eigenvalue weighted by molar-refractivity contribution is 6.22. The SMILES string of the molecule is CC(C)(C)OC(=O)N1CC(O)C(N2CC(Cl)CC2=O)C1. The monoisotopic (exact) mass is 304 g/mol. The third-order valence-electron chi connectivity index (χ3n) is 3.42. The summed E-state index contributed by atoms with van der Waals surface area (Å²) < 4.78 is 5.28. The van der Waals surface area contributed by atoms with Crippen LogP contribution < -0.4 is 0 Å². The second-order valence-electron chi connectivity index (χ2n) is 6.37. The first-order chi connectivity index (χ1) is 9.17. The van der Waals surface area contributed by atoms with Crippen LogP contribution in [-0.2, 0) is 9.53 Å². The maximum atomic E-state index is 12.0. The fourth-order valence-corrected chi connectivity index (χ4v) is 2.84. The first-order valence-electron chi connectivity index (χ1n) is 6.77. The van der Waals surface area contributed by atoms with Crippen molar-refractivity contribution in [1.29, 1.82) is 0 Å². The van der Waals surface area contributed by atoms with Crippen LogP contribution in [0.1, 0.15) is 27.2 Å². The molecule has 2 saturated heterocycles. The minimum atomic E-state index is -0.756. The van der Waals surface area contributed by atoms with Crippen molar-refractivity contribution in [1.82, 2.24) is 9.80 Å². The van der Waals surface area contributed by atoms with Gasteiger partial charge < -0.3 is 19.6 Å². The predicted octanol–water partition coefficient (Wildman–Crippen LogP) is 0.806. The molecule has 7 heteroatoms. The van der Waals surface area contributed by atoms with E-state index in [0.29, 0.717) is 6.54 Å². The van der Waals surface area contributed by atoms with Gasteiger partial charge >= 0.3 is 6.09 Å². The van der Waals surface area contributed by atoms with Gasteiger partial charge in [0.25, 0.3) is 0 Å². The summed E-state index contributed by atoms with van der Waals surface area (Å²) in [6, 6.07) is -0.390. The van der Waals surface area contributed by atoms with Gasteiger partial charge in [0, 0.05) is 19.5 Å². The molecule has 0 aromatic heterocycles. The molecular formula is C13H21ClN2O4. The summed E-state index contributed by atoms with van der Waals surface area (Å²) in [6.07, 6.45) is -0.932. The Morgan fingerprint density at radius 3 is 2.50 bits per heavy atom. The van der Waals surface area contributed by atoms with Gasteiger partial charge in [0.1, 0.15) is 5.60 Å². The Morgan fingerprint density at radius 2 is 2.00 bits per heavy atom. The molecule has 0 bridgehead atoms. The van der Waals surface area contributed by atoms with E-state index in [0.717, 1.165) is 0 Å². The molecule has 0 spiro atoms. The third-order valence-corrected chi connectivity index (χ3v) is 3.71. The van der Waals surface area contributed by atoms with Crippen molar-refractivity contribution >= 4 is 23.6 Å². The van der Waals surface area contributed by atoms with Crippen LogP contribution in [0.25, 0.3) is 0 Å². The summed E-state index contributed by atoms with van der Waals surface area (Å²) >= 11 is 5.96. The first-order valence-corrected chi connectivity index (χ1v) is 7.20. The molecule has 2 aliphatic rings. The molecule has 0 aliphatic carbocycles. The van der Waals surface area contributed by atoms with Gasteiger partial charge in [-0.1, -0.05) is 0 Å². The first kappa shape index (κ1) is 15.4. The van der Waals surface area contributed by atoms with Gasteiger partial charge in [-0.2, -0.15) is 0 Å². The van der Waals surface area contributed by atoms with Crippen molar-refractivity contribution in [3.8, 4) is 0 Å². The van der Waals surface area contributed by atoms with Crippen LogP contribution in [0, 0.1) is 0 Å². The van der Waals surface area contributed by atoms with Crippen LogP contribution in [0.4, 0.5) is 4.79 Å². The number of amides is 2. The molecule has 0 aromatic carbocycles. The van der Waals surface area contributed by atoms with Crippen LogP contribution in [0.15, 0.2) is 0 Å². The summed E-state index contributed by atoms with van der Waals surface area (Å²) in [5.74, 6) is -0.0694. The van der Waals surface area contributed by atoms with Crippen LogP contribution in [0.3, 0.4) is 0 Å². The zero-order valence-electron chi connectivity index (χ0n) is 12.0. The van der Waals surface area contributed by atoms with Crippen molar-refractivity contribution in [3.63, 3.8) is 0 Å². The van der Waals surface area contributed by atoms with Crippen molar-refractivity contribution in [2.45, 2.75) is 50.3 Å². The molecule has 1 N–H and O–H groups in total. The number of nitrogens with zero attached hydrogens (tertiary/aromatic N) is 2. The molecule has 0 saturated carbocycles. The van der Waals surface area contributed by atoms with E-state index in [1.165, 1.54) is 4.90 Å². The van der Waals surface area contributed by atoms with E-state index < -0.39 is 23.8 Å². The highest BCUT2D eigenvalue weighted by Crippen LogP contribution is 2.25. The average Bonchev–Trinajstić information content (AvgIpc) is 2.79. The molecule has 2 fully saturated rings. The molecule has 3 atom stereocenters. The largest absolute Gasteiger partial charge is 0.444 e. The van der Waals surface area contributed by atoms with E-state index in [2.05, 4.69) is 0 Å². The van der Waals surface area contributed by atoms with E-state index >= 15 is 0 Å². The molecule has 6 nitrogen and oxygen atoms in total. The summed E-state index contributed by atoms with van der Waals surface area (Å²) in [7, 11) is 0. The molecule has 2 aliphatic heterocycles. The zero-order chi connectivity index (χ0) is 15.1. The van der Waals surface area contributed by atoms with E-state index in [4.69, 9.17) is 16.3 Å². The van der Waals surface area contributed by atoms with Crippen LogP contribution in [0.5, 0.6) is 0 Å². The lowest BCUT2D eigenvalue weighted by Gasteiger charge is -2.27. The van der Waals surface area contributed by atoms with Crippen molar-refractivity contribution in [3.05, 3.63) is 0 Å². The minimum Gasteiger partial charge on any atom is -0.444 e. The van der Waals surface area contributed by atoms with Crippen LogP contribution >= 0.6 is 11.6 Å². The predicted molar refractivity (Wildman–Crippen MR) is 73.6 cm³/mol. The molecular weight excluding hydrogens is 284 g/mol. The molecule has 0 radical (unpaired) electrons. The Labute approximate surface area is 123 Å². The smallest absolute Gasteiger partial charge is 0.410 e. The topological polar surface area (TPSA) is 70.1 Å². The second-order valence-corrected chi connectivity index (χ2v) is 6.98. The standard InChI is InChI=1S/C13H21ClN2O4/c1-13(2,3)20-12(19)15-6-9(10(17)7-15)16-5-8(14)4-11(16)18/h8-10,17H,4-7H2,1-3H3.